The summed E-state index contributed by atoms with van der Waals surface area (Å²) in [6, 6.07) is 25.3. The van der Waals surface area contributed by atoms with Gasteiger partial charge in [0.1, 0.15) is 17.0 Å². The first-order chi connectivity index (χ1) is 21.7. The van der Waals surface area contributed by atoms with Crippen LogP contribution in [0.25, 0.3) is 0 Å². The zero-order valence-corrected chi connectivity index (χ0v) is 25.7. The number of piperidine rings is 1. The van der Waals surface area contributed by atoms with Gasteiger partial charge in [-0.15, -0.1) is 0 Å². The minimum atomic E-state index is -0.786. The quantitative estimate of drug-likeness (QED) is 0.161. The van der Waals surface area contributed by atoms with Gasteiger partial charge in [0.2, 0.25) is 0 Å². The molecule has 3 N–H and O–H groups in total. The zero-order valence-electron chi connectivity index (χ0n) is 25.7. The lowest BCUT2D eigenvalue weighted by molar-refractivity contribution is 0.0667. The number of rotatable bonds is 11. The number of carbonyl (C=O) groups excluding carboxylic acids is 1. The van der Waals surface area contributed by atoms with E-state index in [1.807, 2.05) is 24.4 Å². The Labute approximate surface area is 260 Å². The summed E-state index contributed by atoms with van der Waals surface area (Å²) in [6.07, 6.45) is 9.17. The average molecular weight is 590 g/mol. The molecule has 0 bridgehead atoms. The van der Waals surface area contributed by atoms with E-state index in [0.717, 1.165) is 77.7 Å². The molecule has 1 unspecified atom stereocenters. The van der Waals surface area contributed by atoms with E-state index < -0.39 is 5.54 Å². The molecular weight excluding hydrogens is 546 g/mol. The van der Waals surface area contributed by atoms with Gasteiger partial charge in [0, 0.05) is 91.4 Å². The number of carbonyl (C=O) groups is 1. The number of hydrogen-bond acceptors (Lipinski definition) is 5. The summed E-state index contributed by atoms with van der Waals surface area (Å²) < 4.78 is 6.81. The predicted octanol–water partition coefficient (Wildman–Crippen LogP) is 7.25. The number of aromatic amines is 1. The van der Waals surface area contributed by atoms with E-state index in [2.05, 4.69) is 86.9 Å². The molecule has 4 aromatic rings. The fourth-order valence-electron chi connectivity index (χ4n) is 7.30. The third kappa shape index (κ3) is 5.03. The number of fused-ring (bicyclic) bond motifs is 6. The number of nitrogens with zero attached hydrogens (tertiary/aromatic N) is 2. The van der Waals surface area contributed by atoms with Crippen molar-refractivity contribution in [1.29, 1.82) is 0 Å². The molecule has 3 aromatic carbocycles. The molecule has 1 amide bonds. The minimum Gasteiger partial charge on any atom is -0.456 e. The highest BCUT2D eigenvalue weighted by Crippen LogP contribution is 2.58. The molecule has 1 atom stereocenters. The standard InChI is InChI=1S/C37H43N5O2/c1-2-3-7-18-39-27-14-16-32-34(24-27)44-35-25-29(41-21-8-4-9-22-41)15-17-33(35)37(32)31-13-6-5-12-30(31)36(43)42(37)23-20-38-26-28-11-10-19-40-28/h5-6,10-17,19,24-25,38-40H,2-4,7-9,18,20-23,26H2,1H3. The Hall–Kier alpha value is -4.23. The van der Waals surface area contributed by atoms with E-state index in [1.165, 1.54) is 37.8 Å². The van der Waals surface area contributed by atoms with Crippen LogP contribution >= 0.6 is 0 Å². The van der Waals surface area contributed by atoms with Gasteiger partial charge in [0.15, 0.2) is 0 Å². The van der Waals surface area contributed by atoms with Crippen LogP contribution in [-0.4, -0.2) is 48.5 Å². The Morgan fingerprint density at radius 3 is 2.50 bits per heavy atom. The molecule has 4 heterocycles. The Kier molecular flexibility index (Phi) is 8.05. The lowest BCUT2D eigenvalue weighted by Crippen LogP contribution is -2.49. The van der Waals surface area contributed by atoms with Crippen molar-refractivity contribution >= 4 is 17.3 Å². The molecule has 7 rings (SSSR count). The van der Waals surface area contributed by atoms with Gasteiger partial charge >= 0.3 is 0 Å². The molecule has 1 aromatic heterocycles. The molecule has 7 heteroatoms. The van der Waals surface area contributed by atoms with Crippen molar-refractivity contribution in [2.24, 2.45) is 0 Å². The predicted molar refractivity (Wildman–Crippen MR) is 177 cm³/mol. The second-order valence-electron chi connectivity index (χ2n) is 12.3. The molecule has 1 fully saturated rings. The number of ether oxygens (including phenoxy) is 1. The Bertz CT molecular complexity index is 1610. The molecule has 228 valence electrons. The van der Waals surface area contributed by atoms with Crippen molar-refractivity contribution in [1.82, 2.24) is 15.2 Å². The largest absolute Gasteiger partial charge is 0.456 e. The molecule has 7 nitrogen and oxygen atoms in total. The smallest absolute Gasteiger partial charge is 0.255 e. The SMILES string of the molecule is CCCCCNc1ccc2c(c1)Oc1cc(N3CCCCC3)ccc1C21c2ccccc2C(=O)N1CCNCc1ccc[nH]1. The lowest BCUT2D eigenvalue weighted by Gasteiger charge is -2.44. The molecule has 0 radical (unpaired) electrons. The summed E-state index contributed by atoms with van der Waals surface area (Å²) in [6.45, 7) is 7.21. The molecule has 0 saturated carbocycles. The topological polar surface area (TPSA) is 72.6 Å². The van der Waals surface area contributed by atoms with Crippen LogP contribution in [0, 0.1) is 0 Å². The van der Waals surface area contributed by atoms with Crippen molar-refractivity contribution < 1.29 is 9.53 Å². The van der Waals surface area contributed by atoms with Crippen molar-refractivity contribution in [3.63, 3.8) is 0 Å². The Morgan fingerprint density at radius 2 is 1.68 bits per heavy atom. The second-order valence-corrected chi connectivity index (χ2v) is 12.3. The third-order valence-corrected chi connectivity index (χ3v) is 9.46. The molecule has 1 spiro atoms. The summed E-state index contributed by atoms with van der Waals surface area (Å²) in [5.74, 6) is 1.70. The van der Waals surface area contributed by atoms with Crippen molar-refractivity contribution in [2.75, 3.05) is 42.9 Å². The van der Waals surface area contributed by atoms with Gasteiger partial charge in [-0.2, -0.15) is 0 Å². The van der Waals surface area contributed by atoms with E-state index in [9.17, 15) is 4.79 Å². The number of aromatic nitrogens is 1. The second kappa shape index (κ2) is 12.4. The molecule has 1 saturated heterocycles. The monoisotopic (exact) mass is 589 g/mol. The van der Waals surface area contributed by atoms with E-state index in [1.54, 1.807) is 0 Å². The third-order valence-electron chi connectivity index (χ3n) is 9.46. The van der Waals surface area contributed by atoms with Crippen LogP contribution in [0.3, 0.4) is 0 Å². The molecule has 3 aliphatic heterocycles. The highest BCUT2D eigenvalue weighted by Gasteiger charge is 2.56. The summed E-state index contributed by atoms with van der Waals surface area (Å²) in [7, 11) is 0. The maximum absolute atomic E-state index is 14.3. The highest BCUT2D eigenvalue weighted by molar-refractivity contribution is 6.02. The van der Waals surface area contributed by atoms with E-state index >= 15 is 0 Å². The van der Waals surface area contributed by atoms with Crippen LogP contribution in [0.15, 0.2) is 79.0 Å². The maximum atomic E-state index is 14.3. The van der Waals surface area contributed by atoms with Crippen LogP contribution in [0.1, 0.15) is 78.2 Å². The first kappa shape index (κ1) is 28.5. The van der Waals surface area contributed by atoms with Crippen molar-refractivity contribution in [3.8, 4) is 11.5 Å². The highest BCUT2D eigenvalue weighted by atomic mass is 16.5. The molecule has 0 aliphatic carbocycles. The Balaban J connectivity index is 1.32. The number of unbranched alkanes of at least 4 members (excludes halogenated alkanes) is 2. The van der Waals surface area contributed by atoms with Crippen LogP contribution in [0.2, 0.25) is 0 Å². The van der Waals surface area contributed by atoms with Gasteiger partial charge in [-0.05, 0) is 61.6 Å². The first-order valence-corrected chi connectivity index (χ1v) is 16.4. The van der Waals surface area contributed by atoms with Gasteiger partial charge in [0.05, 0.1) is 0 Å². The average Bonchev–Trinajstić information content (AvgIpc) is 3.67. The molecule has 44 heavy (non-hydrogen) atoms. The van der Waals surface area contributed by atoms with Gasteiger partial charge in [-0.25, -0.2) is 0 Å². The maximum Gasteiger partial charge on any atom is 0.255 e. The first-order valence-electron chi connectivity index (χ1n) is 16.4. The van der Waals surface area contributed by atoms with Crippen molar-refractivity contribution in [2.45, 2.75) is 57.5 Å². The van der Waals surface area contributed by atoms with Crippen LogP contribution in [0.5, 0.6) is 11.5 Å². The van der Waals surface area contributed by atoms with E-state index in [4.69, 9.17) is 4.74 Å². The summed E-state index contributed by atoms with van der Waals surface area (Å²) in [4.78, 5) is 22.1. The number of H-pyrrole nitrogens is 1. The number of amides is 1. The molecule has 3 aliphatic rings. The number of hydrogen-bond donors (Lipinski definition) is 3. The summed E-state index contributed by atoms with van der Waals surface area (Å²) >= 11 is 0. The minimum absolute atomic E-state index is 0.0583. The number of benzene rings is 3. The summed E-state index contributed by atoms with van der Waals surface area (Å²) in [5.41, 5.74) is 6.39. The summed E-state index contributed by atoms with van der Waals surface area (Å²) in [5, 5.41) is 7.16. The van der Waals surface area contributed by atoms with Gasteiger partial charge < -0.3 is 30.2 Å². The normalized spacial score (nSPS) is 18.6. The van der Waals surface area contributed by atoms with E-state index in [-0.39, 0.29) is 5.91 Å². The molecular formula is C37H43N5O2. The van der Waals surface area contributed by atoms with Crippen LogP contribution in [0.4, 0.5) is 11.4 Å². The van der Waals surface area contributed by atoms with Crippen LogP contribution < -0.4 is 20.3 Å². The zero-order chi connectivity index (χ0) is 29.9. The Morgan fingerprint density at radius 1 is 0.864 bits per heavy atom. The van der Waals surface area contributed by atoms with Crippen molar-refractivity contribution in [3.05, 3.63) is 107 Å². The van der Waals surface area contributed by atoms with Gasteiger partial charge in [-0.1, -0.05) is 50.1 Å². The van der Waals surface area contributed by atoms with Crippen LogP contribution in [-0.2, 0) is 12.1 Å². The van der Waals surface area contributed by atoms with Gasteiger partial charge in [-0.3, -0.25) is 4.79 Å². The van der Waals surface area contributed by atoms with E-state index in [0.29, 0.717) is 13.1 Å². The van der Waals surface area contributed by atoms with Gasteiger partial charge in [0.25, 0.3) is 5.91 Å². The lowest BCUT2D eigenvalue weighted by atomic mass is 9.74. The number of anilines is 2. The fourth-order valence-corrected chi connectivity index (χ4v) is 7.30. The fraction of sp³-hybridized carbons (Fsp3) is 0.378. The number of nitrogens with one attached hydrogen (secondary N) is 3.